The maximum absolute atomic E-state index is 11.9. The van der Waals surface area contributed by atoms with Crippen molar-refractivity contribution in [1.82, 2.24) is 4.90 Å². The van der Waals surface area contributed by atoms with E-state index in [0.717, 1.165) is 51.4 Å². The molecule has 1 rings (SSSR count). The number of benzene rings is 1. The lowest BCUT2D eigenvalue weighted by Crippen LogP contribution is -2.21. The van der Waals surface area contributed by atoms with Crippen LogP contribution in [0.4, 0.5) is 0 Å². The van der Waals surface area contributed by atoms with Crippen molar-refractivity contribution in [1.29, 1.82) is 0 Å². The van der Waals surface area contributed by atoms with Gasteiger partial charge in [0.1, 0.15) is 5.75 Å². The van der Waals surface area contributed by atoms with E-state index < -0.39 is 0 Å². The van der Waals surface area contributed by atoms with Gasteiger partial charge in [0.25, 0.3) is 0 Å². The van der Waals surface area contributed by atoms with Gasteiger partial charge in [-0.2, -0.15) is 0 Å². The highest BCUT2D eigenvalue weighted by Gasteiger charge is 2.11. The van der Waals surface area contributed by atoms with E-state index in [1.54, 1.807) is 50.4 Å². The third kappa shape index (κ3) is 16.3. The molecule has 0 bridgehead atoms. The SMILES string of the molecule is CCCCCCCCC(O)CCCCC=COc1ccc(OCCCCC(=O)N(C)C)cc1OC(=O)CC. The van der Waals surface area contributed by atoms with Crippen LogP contribution in [0.1, 0.15) is 110 Å². The number of rotatable bonds is 22. The van der Waals surface area contributed by atoms with Gasteiger partial charge < -0.3 is 24.2 Å². The van der Waals surface area contributed by atoms with Gasteiger partial charge >= 0.3 is 5.97 Å². The minimum absolute atomic E-state index is 0.106. The largest absolute Gasteiger partial charge is 0.493 e. The van der Waals surface area contributed by atoms with Gasteiger partial charge in [0.2, 0.25) is 5.91 Å². The number of unbranched alkanes of at least 4 members (excludes halogenated alkanes) is 8. The fourth-order valence-electron chi connectivity index (χ4n) is 3.88. The van der Waals surface area contributed by atoms with Gasteiger partial charge in [-0.25, -0.2) is 0 Å². The second kappa shape index (κ2) is 21.4. The van der Waals surface area contributed by atoms with Crippen LogP contribution in [0.15, 0.2) is 30.5 Å². The number of allylic oxidation sites excluding steroid dienone is 1. The summed E-state index contributed by atoms with van der Waals surface area (Å²) in [4.78, 5) is 25.1. The molecule has 0 saturated carbocycles. The number of amides is 1. The number of hydrogen-bond donors (Lipinski definition) is 1. The molecule has 0 aromatic heterocycles. The summed E-state index contributed by atoms with van der Waals surface area (Å²) in [6, 6.07) is 5.17. The van der Waals surface area contributed by atoms with Crippen LogP contribution in [0.2, 0.25) is 0 Å². The molecule has 1 aromatic rings. The molecule has 0 saturated heterocycles. The normalized spacial score (nSPS) is 11.9. The summed E-state index contributed by atoms with van der Waals surface area (Å²) in [6.45, 7) is 4.43. The van der Waals surface area contributed by atoms with Crippen molar-refractivity contribution in [2.45, 2.75) is 116 Å². The quantitative estimate of drug-likeness (QED) is 0.0734. The van der Waals surface area contributed by atoms with Crippen LogP contribution in [0, 0.1) is 0 Å². The van der Waals surface area contributed by atoms with Gasteiger partial charge in [-0.15, -0.1) is 0 Å². The van der Waals surface area contributed by atoms with Crippen molar-refractivity contribution < 1.29 is 28.9 Å². The summed E-state index contributed by atoms with van der Waals surface area (Å²) in [5.74, 6) is 1.10. The van der Waals surface area contributed by atoms with Gasteiger partial charge in [-0.05, 0) is 56.7 Å². The average molecular weight is 534 g/mol. The van der Waals surface area contributed by atoms with Crippen LogP contribution in [0.3, 0.4) is 0 Å². The van der Waals surface area contributed by atoms with Crippen molar-refractivity contribution in [3.8, 4) is 17.2 Å². The first-order valence-corrected chi connectivity index (χ1v) is 14.5. The molecular formula is C31H51NO6. The standard InChI is InChI=1S/C31H51NO6/c1-5-7-8-9-10-13-18-26(33)19-14-11-12-16-24-37-28-22-21-27(25-29(28)38-31(35)6-2)36-23-17-15-20-30(34)32(3)4/h16,21-22,24-26,33H,5-15,17-20,23H2,1-4H3. The summed E-state index contributed by atoms with van der Waals surface area (Å²) in [6.07, 6.45) is 17.7. The molecule has 0 heterocycles. The van der Waals surface area contributed by atoms with E-state index in [4.69, 9.17) is 14.2 Å². The van der Waals surface area contributed by atoms with Crippen LogP contribution in [-0.4, -0.2) is 48.7 Å². The Kier molecular flexibility index (Phi) is 18.9. The Balaban J connectivity index is 2.38. The molecule has 0 aliphatic heterocycles. The smallest absolute Gasteiger partial charge is 0.311 e. The molecule has 38 heavy (non-hydrogen) atoms. The minimum atomic E-state index is -0.349. The molecule has 216 valence electrons. The van der Waals surface area contributed by atoms with Crippen molar-refractivity contribution >= 4 is 11.9 Å². The van der Waals surface area contributed by atoms with Gasteiger partial charge in [0.05, 0.1) is 19.0 Å². The number of hydrogen-bond acceptors (Lipinski definition) is 6. The summed E-state index contributed by atoms with van der Waals surface area (Å²) in [5.41, 5.74) is 0. The van der Waals surface area contributed by atoms with Gasteiger partial charge in [0, 0.05) is 33.0 Å². The Morgan fingerprint density at radius 1 is 0.921 bits per heavy atom. The number of esters is 1. The Morgan fingerprint density at radius 2 is 1.63 bits per heavy atom. The molecule has 1 amide bonds. The van der Waals surface area contributed by atoms with E-state index in [1.807, 2.05) is 6.08 Å². The van der Waals surface area contributed by atoms with Crippen LogP contribution in [0.25, 0.3) is 0 Å². The Morgan fingerprint density at radius 3 is 2.34 bits per heavy atom. The maximum atomic E-state index is 11.9. The fraction of sp³-hybridized carbons (Fsp3) is 0.677. The van der Waals surface area contributed by atoms with Crippen LogP contribution >= 0.6 is 0 Å². The Hall–Kier alpha value is -2.54. The zero-order valence-corrected chi connectivity index (χ0v) is 24.2. The predicted octanol–water partition coefficient (Wildman–Crippen LogP) is 7.20. The first-order valence-electron chi connectivity index (χ1n) is 14.5. The Bertz CT molecular complexity index is 808. The third-order valence-electron chi connectivity index (χ3n) is 6.32. The topological polar surface area (TPSA) is 85.3 Å². The summed E-state index contributed by atoms with van der Waals surface area (Å²) >= 11 is 0. The molecule has 0 radical (unpaired) electrons. The molecular weight excluding hydrogens is 482 g/mol. The van der Waals surface area contributed by atoms with Gasteiger partial charge in [-0.3, -0.25) is 9.59 Å². The lowest BCUT2D eigenvalue weighted by atomic mass is 10.0. The number of aliphatic hydroxyl groups is 1. The highest BCUT2D eigenvalue weighted by Crippen LogP contribution is 2.32. The monoisotopic (exact) mass is 533 g/mol. The number of carbonyl (C=O) groups is 2. The second-order valence-corrected chi connectivity index (χ2v) is 10.0. The summed E-state index contributed by atoms with van der Waals surface area (Å²) in [5, 5.41) is 10.2. The molecule has 1 atom stereocenters. The number of ether oxygens (including phenoxy) is 3. The molecule has 1 unspecified atom stereocenters. The van der Waals surface area contributed by atoms with Crippen molar-refractivity contribution in [3.63, 3.8) is 0 Å². The predicted molar refractivity (Wildman–Crippen MR) is 153 cm³/mol. The van der Waals surface area contributed by atoms with Crippen molar-refractivity contribution in [2.75, 3.05) is 20.7 Å². The number of aliphatic hydroxyl groups excluding tert-OH is 1. The summed E-state index contributed by atoms with van der Waals surface area (Å²) < 4.78 is 17.0. The minimum Gasteiger partial charge on any atom is -0.493 e. The van der Waals surface area contributed by atoms with E-state index in [9.17, 15) is 14.7 Å². The zero-order chi connectivity index (χ0) is 28.0. The van der Waals surface area contributed by atoms with Crippen LogP contribution in [-0.2, 0) is 9.59 Å². The Labute approximate surface area is 230 Å². The molecule has 7 heteroatoms. The highest BCUT2D eigenvalue weighted by molar-refractivity contribution is 5.75. The summed E-state index contributed by atoms with van der Waals surface area (Å²) in [7, 11) is 3.50. The van der Waals surface area contributed by atoms with Crippen LogP contribution < -0.4 is 14.2 Å². The van der Waals surface area contributed by atoms with Crippen molar-refractivity contribution in [2.24, 2.45) is 0 Å². The molecule has 1 N–H and O–H groups in total. The molecule has 7 nitrogen and oxygen atoms in total. The lowest BCUT2D eigenvalue weighted by Gasteiger charge is -2.12. The first-order chi connectivity index (χ1) is 18.4. The molecule has 0 aliphatic rings. The molecule has 1 aromatic carbocycles. The van der Waals surface area contributed by atoms with Crippen molar-refractivity contribution in [3.05, 3.63) is 30.5 Å². The van der Waals surface area contributed by atoms with E-state index in [1.165, 1.54) is 32.1 Å². The lowest BCUT2D eigenvalue weighted by molar-refractivity contribution is -0.134. The highest BCUT2D eigenvalue weighted by atomic mass is 16.6. The number of nitrogens with zero attached hydrogens (tertiary/aromatic N) is 1. The average Bonchev–Trinajstić information content (AvgIpc) is 2.90. The molecule has 0 aliphatic carbocycles. The van der Waals surface area contributed by atoms with Crippen LogP contribution in [0.5, 0.6) is 17.2 Å². The number of carbonyl (C=O) groups excluding carboxylic acids is 2. The maximum Gasteiger partial charge on any atom is 0.311 e. The van der Waals surface area contributed by atoms with E-state index in [-0.39, 0.29) is 24.4 Å². The molecule has 0 spiro atoms. The molecule has 0 fully saturated rings. The zero-order valence-electron chi connectivity index (χ0n) is 24.2. The van der Waals surface area contributed by atoms with E-state index in [2.05, 4.69) is 6.92 Å². The van der Waals surface area contributed by atoms with E-state index in [0.29, 0.717) is 30.3 Å². The third-order valence-corrected chi connectivity index (χ3v) is 6.32. The first kappa shape index (κ1) is 33.5. The fourth-order valence-corrected chi connectivity index (χ4v) is 3.88. The van der Waals surface area contributed by atoms with Gasteiger partial charge in [-0.1, -0.05) is 58.8 Å². The second-order valence-electron chi connectivity index (χ2n) is 10.0. The van der Waals surface area contributed by atoms with Gasteiger partial charge in [0.15, 0.2) is 11.5 Å². The van der Waals surface area contributed by atoms with E-state index >= 15 is 0 Å².